The lowest BCUT2D eigenvalue weighted by Crippen LogP contribution is -1.97. The molecule has 0 N–H and O–H groups in total. The lowest BCUT2D eigenvalue weighted by Gasteiger charge is -2.10. The van der Waals surface area contributed by atoms with Crippen molar-refractivity contribution in [1.29, 1.82) is 0 Å². The summed E-state index contributed by atoms with van der Waals surface area (Å²) in [6.07, 6.45) is 2.73. The van der Waals surface area contributed by atoms with Crippen LogP contribution in [-0.4, -0.2) is 12.3 Å². The third-order valence-electron chi connectivity index (χ3n) is 3.15. The average Bonchev–Trinajstić information content (AvgIpc) is 2.46. The monoisotopic (exact) mass is 292 g/mol. The minimum absolute atomic E-state index is 0.575. The average molecular weight is 293 g/mol. The zero-order chi connectivity index (χ0) is 13.6. The van der Waals surface area contributed by atoms with Gasteiger partial charge in [-0.15, -0.1) is 0 Å². The van der Waals surface area contributed by atoms with E-state index in [1.54, 1.807) is 0 Å². The SMILES string of the molecule is O=P(Cl)(CCc1ccccc1)CCc1ccccc1. The first-order chi connectivity index (χ1) is 9.16. The Hall–Kier alpha value is -1.04. The summed E-state index contributed by atoms with van der Waals surface area (Å²) in [6, 6.07) is 20.2. The highest BCUT2D eigenvalue weighted by molar-refractivity contribution is 7.89. The molecule has 0 unspecified atom stereocenters. The highest BCUT2D eigenvalue weighted by Crippen LogP contribution is 2.51. The first-order valence-electron chi connectivity index (χ1n) is 6.51. The molecule has 0 aromatic heterocycles. The van der Waals surface area contributed by atoms with Crippen molar-refractivity contribution in [3.05, 3.63) is 71.8 Å². The van der Waals surface area contributed by atoms with Crippen LogP contribution in [0.2, 0.25) is 0 Å². The summed E-state index contributed by atoms with van der Waals surface area (Å²) in [5, 5.41) is 0. The molecule has 0 spiro atoms. The summed E-state index contributed by atoms with van der Waals surface area (Å²) in [5.74, 6) is 0. The van der Waals surface area contributed by atoms with Gasteiger partial charge in [-0.3, -0.25) is 0 Å². The smallest absolute Gasteiger partial charge is 0.170 e. The van der Waals surface area contributed by atoms with Gasteiger partial charge in [-0.05, 0) is 24.0 Å². The molecule has 0 aliphatic heterocycles. The highest BCUT2D eigenvalue weighted by Gasteiger charge is 2.17. The maximum Gasteiger partial charge on any atom is 0.170 e. The van der Waals surface area contributed by atoms with E-state index in [1.165, 1.54) is 11.1 Å². The van der Waals surface area contributed by atoms with Crippen LogP contribution in [0, 0.1) is 0 Å². The van der Waals surface area contributed by atoms with E-state index in [1.807, 2.05) is 60.7 Å². The largest absolute Gasteiger partial charge is 0.307 e. The summed E-state index contributed by atoms with van der Waals surface area (Å²) in [7, 11) is 0. The summed E-state index contributed by atoms with van der Waals surface area (Å²) in [4.78, 5) is 0. The van der Waals surface area contributed by atoms with Gasteiger partial charge in [0.1, 0.15) is 0 Å². The van der Waals surface area contributed by atoms with Gasteiger partial charge in [0, 0.05) is 12.3 Å². The van der Waals surface area contributed by atoms with Crippen LogP contribution in [0.5, 0.6) is 0 Å². The Bertz CT molecular complexity index is 492. The minimum atomic E-state index is -2.55. The molecule has 0 fully saturated rings. The van der Waals surface area contributed by atoms with Gasteiger partial charge in [-0.2, -0.15) is 0 Å². The second-order valence-electron chi connectivity index (χ2n) is 4.71. The van der Waals surface area contributed by atoms with E-state index < -0.39 is 6.49 Å². The molecule has 0 radical (unpaired) electrons. The summed E-state index contributed by atoms with van der Waals surface area (Å²) in [5.41, 5.74) is 2.39. The normalized spacial score (nSPS) is 11.4. The lowest BCUT2D eigenvalue weighted by molar-refractivity contribution is 0.583. The van der Waals surface area contributed by atoms with Gasteiger partial charge in [0.2, 0.25) is 0 Å². The summed E-state index contributed by atoms with van der Waals surface area (Å²) in [6.45, 7) is -2.55. The van der Waals surface area contributed by atoms with E-state index in [9.17, 15) is 4.57 Å². The Morgan fingerprint density at radius 3 is 1.47 bits per heavy atom. The van der Waals surface area contributed by atoms with E-state index in [0.29, 0.717) is 12.3 Å². The van der Waals surface area contributed by atoms with Crippen LogP contribution in [0.15, 0.2) is 60.7 Å². The van der Waals surface area contributed by atoms with Gasteiger partial charge in [0.05, 0.1) is 0 Å². The molecular formula is C16H18ClOP. The van der Waals surface area contributed by atoms with Crippen molar-refractivity contribution in [2.75, 3.05) is 12.3 Å². The van der Waals surface area contributed by atoms with Crippen molar-refractivity contribution in [1.82, 2.24) is 0 Å². The van der Waals surface area contributed by atoms with Crippen LogP contribution in [0.3, 0.4) is 0 Å². The number of rotatable bonds is 6. The topological polar surface area (TPSA) is 17.1 Å². The molecule has 0 bridgehead atoms. The first kappa shape index (κ1) is 14.4. The second kappa shape index (κ2) is 6.93. The van der Waals surface area contributed by atoms with Gasteiger partial charge >= 0.3 is 0 Å². The van der Waals surface area contributed by atoms with Gasteiger partial charge in [-0.25, -0.2) is 0 Å². The fourth-order valence-corrected chi connectivity index (χ4v) is 3.91. The second-order valence-corrected chi connectivity index (χ2v) is 9.03. The Morgan fingerprint density at radius 2 is 1.11 bits per heavy atom. The first-order valence-corrected chi connectivity index (χ1v) is 9.49. The molecule has 2 aromatic rings. The number of hydrogen-bond acceptors (Lipinski definition) is 1. The summed E-state index contributed by atoms with van der Waals surface area (Å²) < 4.78 is 12.3. The van der Waals surface area contributed by atoms with Crippen molar-refractivity contribution in [3.8, 4) is 0 Å². The van der Waals surface area contributed by atoms with Gasteiger partial charge in [0.15, 0.2) is 6.49 Å². The third-order valence-corrected chi connectivity index (χ3v) is 5.95. The predicted molar refractivity (Wildman–Crippen MR) is 83.5 cm³/mol. The molecule has 0 atom stereocenters. The molecular weight excluding hydrogens is 275 g/mol. The molecule has 3 heteroatoms. The van der Waals surface area contributed by atoms with Crippen molar-refractivity contribution < 1.29 is 4.57 Å². The maximum atomic E-state index is 12.3. The molecule has 1 nitrogen and oxygen atoms in total. The van der Waals surface area contributed by atoms with E-state index in [-0.39, 0.29) is 0 Å². The van der Waals surface area contributed by atoms with Gasteiger partial charge in [0.25, 0.3) is 0 Å². The van der Waals surface area contributed by atoms with E-state index in [4.69, 9.17) is 11.2 Å². The molecule has 2 rings (SSSR count). The van der Waals surface area contributed by atoms with Crippen molar-refractivity contribution in [3.63, 3.8) is 0 Å². The molecule has 0 aliphatic rings. The lowest BCUT2D eigenvalue weighted by atomic mass is 10.2. The maximum absolute atomic E-state index is 12.3. The van der Waals surface area contributed by atoms with Gasteiger partial charge in [-0.1, -0.05) is 71.9 Å². The fraction of sp³-hybridized carbons (Fsp3) is 0.250. The van der Waals surface area contributed by atoms with E-state index in [0.717, 1.165) is 12.8 Å². The molecule has 0 aliphatic carbocycles. The Balaban J connectivity index is 1.84. The zero-order valence-corrected chi connectivity index (χ0v) is 12.5. The number of hydrogen-bond donors (Lipinski definition) is 0. The van der Waals surface area contributed by atoms with Crippen molar-refractivity contribution >= 4 is 17.7 Å². The number of halogens is 1. The molecule has 100 valence electrons. The van der Waals surface area contributed by atoms with E-state index >= 15 is 0 Å². The Kier molecular flexibility index (Phi) is 5.24. The van der Waals surface area contributed by atoms with Crippen LogP contribution in [-0.2, 0) is 17.4 Å². The quantitative estimate of drug-likeness (QED) is 0.686. The van der Waals surface area contributed by atoms with Crippen LogP contribution in [0.1, 0.15) is 11.1 Å². The summed E-state index contributed by atoms with van der Waals surface area (Å²) >= 11 is 6.19. The molecule has 19 heavy (non-hydrogen) atoms. The van der Waals surface area contributed by atoms with Crippen LogP contribution >= 0.6 is 17.7 Å². The number of aryl methyl sites for hydroxylation is 2. The fourth-order valence-electron chi connectivity index (χ4n) is 1.99. The van der Waals surface area contributed by atoms with Crippen molar-refractivity contribution in [2.24, 2.45) is 0 Å². The molecule has 0 heterocycles. The van der Waals surface area contributed by atoms with Gasteiger partial charge < -0.3 is 4.57 Å². The minimum Gasteiger partial charge on any atom is -0.307 e. The molecule has 0 saturated heterocycles. The Labute approximate surface area is 119 Å². The molecule has 2 aromatic carbocycles. The Morgan fingerprint density at radius 1 is 0.737 bits per heavy atom. The molecule has 0 saturated carbocycles. The predicted octanol–water partition coefficient (Wildman–Crippen LogP) is 4.99. The number of benzene rings is 2. The standard InChI is InChI=1S/C16H18ClOP/c17-19(18,13-11-15-7-3-1-4-8-15)14-12-16-9-5-2-6-10-16/h1-10H,11-14H2. The zero-order valence-electron chi connectivity index (χ0n) is 10.8. The van der Waals surface area contributed by atoms with Crippen LogP contribution < -0.4 is 0 Å². The van der Waals surface area contributed by atoms with Crippen molar-refractivity contribution in [2.45, 2.75) is 12.8 Å². The highest BCUT2D eigenvalue weighted by atomic mass is 35.7. The van der Waals surface area contributed by atoms with Crippen LogP contribution in [0.25, 0.3) is 0 Å². The molecule has 0 amide bonds. The van der Waals surface area contributed by atoms with E-state index in [2.05, 4.69) is 0 Å². The van der Waals surface area contributed by atoms with Crippen LogP contribution in [0.4, 0.5) is 0 Å². The third kappa shape index (κ3) is 5.22.